The minimum absolute atomic E-state index is 0.909. The predicted octanol–water partition coefficient (Wildman–Crippen LogP) is 2.98. The summed E-state index contributed by atoms with van der Waals surface area (Å²) in [6.07, 6.45) is 1.31. The van der Waals surface area contributed by atoms with Crippen molar-refractivity contribution in [1.82, 2.24) is 0 Å². The number of methoxy groups -OCH3 is 1. The van der Waals surface area contributed by atoms with Crippen LogP contribution in [0.3, 0.4) is 0 Å². The molecule has 0 amide bonds. The molecule has 0 aromatic heterocycles. The predicted molar refractivity (Wildman–Crippen MR) is 62.3 cm³/mol. The molecule has 0 spiro atoms. The quantitative estimate of drug-likeness (QED) is 0.806. The molecule has 0 N–H and O–H groups in total. The fraction of sp³-hybridized carbons (Fsp3) is 0.455. The van der Waals surface area contributed by atoms with Gasteiger partial charge < -0.3 is 9.64 Å². The summed E-state index contributed by atoms with van der Waals surface area (Å²) >= 11 is 3.56. The van der Waals surface area contributed by atoms with E-state index in [0.29, 0.717) is 0 Å². The standard InChI is InChI=1S/C11H14BrNO/c1-8-9(13-6-3-7-13)4-5-10(14-2)11(8)12/h4-5H,3,6-7H2,1-2H3. The maximum absolute atomic E-state index is 5.25. The summed E-state index contributed by atoms with van der Waals surface area (Å²) in [4.78, 5) is 2.39. The number of hydrogen-bond donors (Lipinski definition) is 0. The van der Waals surface area contributed by atoms with Crippen molar-refractivity contribution >= 4 is 21.6 Å². The monoisotopic (exact) mass is 255 g/mol. The van der Waals surface area contributed by atoms with E-state index >= 15 is 0 Å². The molecule has 0 atom stereocenters. The van der Waals surface area contributed by atoms with Crippen molar-refractivity contribution in [2.24, 2.45) is 0 Å². The number of ether oxygens (including phenoxy) is 1. The van der Waals surface area contributed by atoms with Gasteiger partial charge in [0.2, 0.25) is 0 Å². The first-order valence-corrected chi connectivity index (χ1v) is 5.61. The van der Waals surface area contributed by atoms with Gasteiger partial charge in [-0.2, -0.15) is 0 Å². The van der Waals surface area contributed by atoms with E-state index in [1.807, 2.05) is 6.07 Å². The lowest BCUT2D eigenvalue weighted by Crippen LogP contribution is -2.37. The van der Waals surface area contributed by atoms with Crippen molar-refractivity contribution in [3.63, 3.8) is 0 Å². The summed E-state index contributed by atoms with van der Waals surface area (Å²) in [5, 5.41) is 0. The van der Waals surface area contributed by atoms with Crippen LogP contribution < -0.4 is 9.64 Å². The summed E-state index contributed by atoms with van der Waals surface area (Å²) < 4.78 is 6.32. The second-order valence-electron chi connectivity index (χ2n) is 3.57. The van der Waals surface area contributed by atoms with Crippen molar-refractivity contribution in [3.8, 4) is 5.75 Å². The third-order valence-electron chi connectivity index (χ3n) is 2.74. The molecule has 3 heteroatoms. The number of anilines is 1. The van der Waals surface area contributed by atoms with Crippen LogP contribution in [0.5, 0.6) is 5.75 Å². The highest BCUT2D eigenvalue weighted by atomic mass is 79.9. The first-order chi connectivity index (χ1) is 6.74. The van der Waals surface area contributed by atoms with Crippen molar-refractivity contribution in [1.29, 1.82) is 0 Å². The van der Waals surface area contributed by atoms with Gasteiger partial charge in [-0.3, -0.25) is 0 Å². The zero-order valence-electron chi connectivity index (χ0n) is 8.51. The summed E-state index contributed by atoms with van der Waals surface area (Å²) in [6, 6.07) is 4.16. The first kappa shape index (κ1) is 9.84. The molecule has 2 nitrogen and oxygen atoms in total. The maximum Gasteiger partial charge on any atom is 0.133 e. The Morgan fingerprint density at radius 2 is 2.07 bits per heavy atom. The Morgan fingerprint density at radius 3 is 2.57 bits per heavy atom. The van der Waals surface area contributed by atoms with Crippen LogP contribution in [0.1, 0.15) is 12.0 Å². The molecule has 0 unspecified atom stereocenters. The molecule has 1 aromatic rings. The van der Waals surface area contributed by atoms with Gasteiger partial charge in [0.25, 0.3) is 0 Å². The van der Waals surface area contributed by atoms with Crippen molar-refractivity contribution in [2.45, 2.75) is 13.3 Å². The Morgan fingerprint density at radius 1 is 1.36 bits per heavy atom. The van der Waals surface area contributed by atoms with Crippen LogP contribution in [0.4, 0.5) is 5.69 Å². The Balaban J connectivity index is 2.38. The number of rotatable bonds is 2. The zero-order valence-corrected chi connectivity index (χ0v) is 10.1. The van der Waals surface area contributed by atoms with Gasteiger partial charge in [-0.1, -0.05) is 0 Å². The van der Waals surface area contributed by atoms with Crippen molar-refractivity contribution in [2.75, 3.05) is 25.1 Å². The van der Waals surface area contributed by atoms with Gasteiger partial charge >= 0.3 is 0 Å². The SMILES string of the molecule is COc1ccc(N2CCC2)c(C)c1Br. The number of hydrogen-bond acceptors (Lipinski definition) is 2. The second kappa shape index (κ2) is 3.81. The van der Waals surface area contributed by atoms with Crippen LogP contribution in [0.25, 0.3) is 0 Å². The highest BCUT2D eigenvalue weighted by molar-refractivity contribution is 9.10. The van der Waals surface area contributed by atoms with Gasteiger partial charge in [0.1, 0.15) is 5.75 Å². The summed E-state index contributed by atoms with van der Waals surface area (Å²) in [5.41, 5.74) is 2.59. The molecule has 1 aliphatic rings. The lowest BCUT2D eigenvalue weighted by molar-refractivity contribution is 0.411. The average Bonchev–Trinajstić information content (AvgIpc) is 2.10. The van der Waals surface area contributed by atoms with Crippen LogP contribution >= 0.6 is 15.9 Å². The Hall–Kier alpha value is -0.700. The van der Waals surface area contributed by atoms with Crippen LogP contribution in [-0.2, 0) is 0 Å². The third kappa shape index (κ3) is 1.50. The Bertz CT molecular complexity index is 347. The summed E-state index contributed by atoms with van der Waals surface area (Å²) in [6.45, 7) is 4.49. The molecule has 2 rings (SSSR count). The Labute approximate surface area is 93.0 Å². The van der Waals surface area contributed by atoms with Gasteiger partial charge in [0, 0.05) is 18.8 Å². The lowest BCUT2D eigenvalue weighted by Gasteiger charge is -2.34. The first-order valence-electron chi connectivity index (χ1n) is 4.82. The molecule has 1 heterocycles. The van der Waals surface area contributed by atoms with E-state index in [9.17, 15) is 0 Å². The van der Waals surface area contributed by atoms with Gasteiger partial charge in [0.15, 0.2) is 0 Å². The normalized spacial score (nSPS) is 15.2. The molecular formula is C11H14BrNO. The fourth-order valence-electron chi connectivity index (χ4n) is 1.71. The fourth-order valence-corrected chi connectivity index (χ4v) is 2.20. The largest absolute Gasteiger partial charge is 0.496 e. The van der Waals surface area contributed by atoms with E-state index in [0.717, 1.165) is 10.2 Å². The molecule has 0 bridgehead atoms. The third-order valence-corrected chi connectivity index (χ3v) is 3.72. The molecule has 76 valence electrons. The maximum atomic E-state index is 5.25. The van der Waals surface area contributed by atoms with Gasteiger partial charge in [0.05, 0.1) is 11.6 Å². The van der Waals surface area contributed by atoms with Gasteiger partial charge in [-0.15, -0.1) is 0 Å². The molecule has 1 fully saturated rings. The van der Waals surface area contributed by atoms with Crippen LogP contribution in [0, 0.1) is 6.92 Å². The van der Waals surface area contributed by atoms with E-state index in [1.165, 1.54) is 30.8 Å². The molecule has 1 aromatic carbocycles. The lowest BCUT2D eigenvalue weighted by atomic mass is 10.1. The smallest absolute Gasteiger partial charge is 0.133 e. The summed E-state index contributed by atoms with van der Waals surface area (Å²) in [5.74, 6) is 0.909. The highest BCUT2D eigenvalue weighted by Gasteiger charge is 2.18. The van der Waals surface area contributed by atoms with E-state index < -0.39 is 0 Å². The second-order valence-corrected chi connectivity index (χ2v) is 4.36. The van der Waals surface area contributed by atoms with E-state index in [-0.39, 0.29) is 0 Å². The van der Waals surface area contributed by atoms with Gasteiger partial charge in [-0.25, -0.2) is 0 Å². The van der Waals surface area contributed by atoms with Crippen LogP contribution in [-0.4, -0.2) is 20.2 Å². The molecule has 14 heavy (non-hydrogen) atoms. The van der Waals surface area contributed by atoms with E-state index in [1.54, 1.807) is 7.11 Å². The molecule has 0 radical (unpaired) electrons. The van der Waals surface area contributed by atoms with Crippen LogP contribution in [0.2, 0.25) is 0 Å². The number of halogens is 1. The van der Waals surface area contributed by atoms with Crippen molar-refractivity contribution < 1.29 is 4.74 Å². The minimum atomic E-state index is 0.909. The summed E-state index contributed by atoms with van der Waals surface area (Å²) in [7, 11) is 1.70. The number of nitrogens with zero attached hydrogens (tertiary/aromatic N) is 1. The number of benzene rings is 1. The molecule has 0 saturated carbocycles. The zero-order chi connectivity index (χ0) is 10.1. The topological polar surface area (TPSA) is 12.5 Å². The van der Waals surface area contributed by atoms with Crippen molar-refractivity contribution in [3.05, 3.63) is 22.2 Å². The molecule has 0 aliphatic carbocycles. The molecule has 1 saturated heterocycles. The van der Waals surface area contributed by atoms with E-state index in [4.69, 9.17) is 4.74 Å². The molecular weight excluding hydrogens is 242 g/mol. The van der Waals surface area contributed by atoms with E-state index in [2.05, 4.69) is 33.8 Å². The Kier molecular flexibility index (Phi) is 2.68. The highest BCUT2D eigenvalue weighted by Crippen LogP contribution is 2.36. The molecule has 1 aliphatic heterocycles. The average molecular weight is 256 g/mol. The minimum Gasteiger partial charge on any atom is -0.496 e. The van der Waals surface area contributed by atoms with Gasteiger partial charge in [-0.05, 0) is 47.0 Å². The van der Waals surface area contributed by atoms with Crippen LogP contribution in [0.15, 0.2) is 16.6 Å².